The first-order chi connectivity index (χ1) is 17.7. The Morgan fingerprint density at radius 3 is 2.62 bits per heavy atom. The molecule has 8 heteroatoms. The van der Waals surface area contributed by atoms with Gasteiger partial charge in [0, 0.05) is 17.8 Å². The lowest BCUT2D eigenvalue weighted by Gasteiger charge is -2.43. The average molecular weight is 535 g/mol. The van der Waals surface area contributed by atoms with Crippen LogP contribution in [0.5, 0.6) is 0 Å². The predicted octanol–water partition coefficient (Wildman–Crippen LogP) is 4.20. The summed E-state index contributed by atoms with van der Waals surface area (Å²) in [6, 6.07) is -1.21. The van der Waals surface area contributed by atoms with E-state index in [1.54, 1.807) is 22.7 Å². The summed E-state index contributed by atoms with van der Waals surface area (Å²) < 4.78 is 4.99. The first kappa shape index (κ1) is 29.8. The van der Waals surface area contributed by atoms with Crippen LogP contribution in [0.3, 0.4) is 0 Å². The molecule has 8 atom stereocenters. The van der Waals surface area contributed by atoms with E-state index in [0.717, 1.165) is 38.5 Å². The van der Waals surface area contributed by atoms with Gasteiger partial charge in [0.15, 0.2) is 0 Å². The fourth-order valence-electron chi connectivity index (χ4n) is 6.83. The largest absolute Gasteiger partial charge is 0.465 e. The third-order valence-electron chi connectivity index (χ3n) is 8.66. The second-order valence-electron chi connectivity index (χ2n) is 10.9. The number of unbranched alkanes of at least 4 members (excludes halogenated alkanes) is 2. The van der Waals surface area contributed by atoms with Crippen LogP contribution < -0.4 is 0 Å². The molecule has 0 radical (unpaired) electrons. The Kier molecular flexibility index (Phi) is 10.3. The smallest absolute Gasteiger partial charge is 0.310 e. The van der Waals surface area contributed by atoms with Crippen molar-refractivity contribution in [1.29, 1.82) is 0 Å². The molecule has 1 spiro atoms. The van der Waals surface area contributed by atoms with Crippen LogP contribution in [-0.4, -0.2) is 80.6 Å². The van der Waals surface area contributed by atoms with Gasteiger partial charge in [-0.3, -0.25) is 14.4 Å². The number of thioether (sulfide) groups is 1. The van der Waals surface area contributed by atoms with E-state index < -0.39 is 28.7 Å². The predicted molar refractivity (Wildman–Crippen MR) is 148 cm³/mol. The van der Waals surface area contributed by atoms with Crippen molar-refractivity contribution < 1.29 is 24.2 Å². The molecule has 3 rings (SSSR count). The van der Waals surface area contributed by atoms with Gasteiger partial charge in [-0.15, -0.1) is 24.9 Å². The van der Waals surface area contributed by atoms with Crippen molar-refractivity contribution in [3.63, 3.8) is 0 Å². The number of allylic oxidation sites excluding steroid dienone is 1. The van der Waals surface area contributed by atoms with E-state index in [0.29, 0.717) is 19.6 Å². The highest BCUT2D eigenvalue weighted by Gasteiger charge is 2.77. The van der Waals surface area contributed by atoms with Crippen molar-refractivity contribution in [2.75, 3.05) is 19.8 Å². The number of esters is 1. The number of fused-ring (bicyclic) bond motifs is 1. The van der Waals surface area contributed by atoms with Crippen molar-refractivity contribution in [1.82, 2.24) is 9.80 Å². The maximum Gasteiger partial charge on any atom is 0.310 e. The number of carbonyl (C=O) groups excluding carboxylic acids is 3. The first-order valence-electron chi connectivity index (χ1n) is 14.0. The van der Waals surface area contributed by atoms with Gasteiger partial charge in [0.25, 0.3) is 0 Å². The SMILES string of the molecule is C=CCCCCOC(=O)[C@@H]1[C@H]2C(=O)N([C@@H](CC)CO)C(C(=O)N(CC=C)C(C)CCC)C23S[C@@H]1CC3C. The van der Waals surface area contributed by atoms with E-state index in [-0.39, 0.29) is 41.6 Å². The lowest BCUT2D eigenvalue weighted by atomic mass is 9.66. The Bertz CT molecular complexity index is 861. The third kappa shape index (κ3) is 5.25. The molecule has 3 aliphatic rings. The summed E-state index contributed by atoms with van der Waals surface area (Å²) in [6.07, 6.45) is 9.19. The molecular weight excluding hydrogens is 488 g/mol. The number of rotatable bonds is 15. The molecule has 3 aliphatic heterocycles. The average Bonchev–Trinajstić information content (AvgIpc) is 3.47. The van der Waals surface area contributed by atoms with Crippen molar-refractivity contribution >= 4 is 29.5 Å². The molecule has 7 nitrogen and oxygen atoms in total. The zero-order valence-corrected chi connectivity index (χ0v) is 23.9. The van der Waals surface area contributed by atoms with Gasteiger partial charge in [0.05, 0.1) is 35.8 Å². The van der Waals surface area contributed by atoms with Gasteiger partial charge < -0.3 is 19.6 Å². The van der Waals surface area contributed by atoms with Crippen LogP contribution in [0.25, 0.3) is 0 Å². The van der Waals surface area contributed by atoms with Crippen molar-refractivity contribution in [3.8, 4) is 0 Å². The minimum absolute atomic E-state index is 0.00709. The molecule has 2 amide bonds. The van der Waals surface area contributed by atoms with Crippen molar-refractivity contribution in [2.24, 2.45) is 17.8 Å². The molecule has 3 heterocycles. The van der Waals surface area contributed by atoms with Crippen LogP contribution in [0, 0.1) is 17.8 Å². The lowest BCUT2D eigenvalue weighted by Crippen LogP contribution is -2.60. The summed E-state index contributed by atoms with van der Waals surface area (Å²) in [7, 11) is 0. The zero-order chi connectivity index (χ0) is 27.3. The minimum atomic E-state index is -0.725. The van der Waals surface area contributed by atoms with Gasteiger partial charge in [0.1, 0.15) is 6.04 Å². The van der Waals surface area contributed by atoms with E-state index in [1.165, 1.54) is 0 Å². The maximum atomic E-state index is 14.4. The van der Waals surface area contributed by atoms with Crippen LogP contribution in [-0.2, 0) is 19.1 Å². The highest BCUT2D eigenvalue weighted by molar-refractivity contribution is 8.02. The van der Waals surface area contributed by atoms with Gasteiger partial charge in [-0.2, -0.15) is 0 Å². The van der Waals surface area contributed by atoms with Gasteiger partial charge in [-0.1, -0.05) is 39.3 Å². The van der Waals surface area contributed by atoms with E-state index in [9.17, 15) is 19.5 Å². The number of carbonyl (C=O) groups is 3. The van der Waals surface area contributed by atoms with E-state index >= 15 is 0 Å². The van der Waals surface area contributed by atoms with Crippen LogP contribution in [0.1, 0.15) is 72.6 Å². The van der Waals surface area contributed by atoms with Crippen LogP contribution in [0.15, 0.2) is 25.3 Å². The molecule has 0 saturated carbocycles. The van der Waals surface area contributed by atoms with Crippen LogP contribution in [0.4, 0.5) is 0 Å². The molecule has 208 valence electrons. The number of nitrogens with zero attached hydrogens (tertiary/aromatic N) is 2. The summed E-state index contributed by atoms with van der Waals surface area (Å²) in [5.41, 5.74) is 0. The van der Waals surface area contributed by atoms with E-state index in [2.05, 4.69) is 27.0 Å². The molecule has 3 fully saturated rings. The number of hydrogen-bond acceptors (Lipinski definition) is 6. The monoisotopic (exact) mass is 534 g/mol. The molecule has 3 saturated heterocycles. The molecule has 1 N–H and O–H groups in total. The van der Waals surface area contributed by atoms with Gasteiger partial charge >= 0.3 is 5.97 Å². The van der Waals surface area contributed by atoms with Crippen LogP contribution >= 0.6 is 11.8 Å². The number of hydrogen-bond donors (Lipinski definition) is 1. The molecule has 0 aromatic rings. The molecule has 4 unspecified atom stereocenters. The summed E-state index contributed by atoms with van der Waals surface area (Å²) in [6.45, 7) is 16.3. The highest BCUT2D eigenvalue weighted by atomic mass is 32.2. The minimum Gasteiger partial charge on any atom is -0.465 e. The van der Waals surface area contributed by atoms with Crippen molar-refractivity contribution in [2.45, 2.75) is 101 Å². The molecule has 0 aromatic carbocycles. The topological polar surface area (TPSA) is 87.1 Å². The Morgan fingerprint density at radius 1 is 1.30 bits per heavy atom. The molecular formula is C29H46N2O5S. The van der Waals surface area contributed by atoms with Crippen LogP contribution in [0.2, 0.25) is 0 Å². The quantitative estimate of drug-likeness (QED) is 0.193. The Hall–Kier alpha value is -1.80. The lowest BCUT2D eigenvalue weighted by molar-refractivity contribution is -0.155. The summed E-state index contributed by atoms with van der Waals surface area (Å²) in [5, 5.41) is 10.2. The molecule has 37 heavy (non-hydrogen) atoms. The van der Waals surface area contributed by atoms with E-state index in [4.69, 9.17) is 4.74 Å². The number of likely N-dealkylation sites (tertiary alicyclic amines) is 1. The van der Waals surface area contributed by atoms with Crippen molar-refractivity contribution in [3.05, 3.63) is 25.3 Å². The number of aliphatic hydroxyl groups excluding tert-OH is 1. The van der Waals surface area contributed by atoms with Gasteiger partial charge in [0.2, 0.25) is 11.8 Å². The van der Waals surface area contributed by atoms with Gasteiger partial charge in [-0.25, -0.2) is 0 Å². The molecule has 0 aliphatic carbocycles. The molecule has 2 bridgehead atoms. The fourth-order valence-corrected chi connectivity index (χ4v) is 9.22. The standard InChI is InChI=1S/C29H46N2O5S/c1-7-11-12-13-16-36-28(35)23-22-17-19(5)29(37-22)24(23)26(33)31(21(10-4)18-32)25(29)27(34)30(15-9-3)20(6)14-8-2/h7,9,19-25,32H,1,3,8,10-18H2,2,4-6H3/t19?,20?,21-,22+,23-,24-,25?,29?/m0/s1. The molecule has 0 aromatic heterocycles. The summed E-state index contributed by atoms with van der Waals surface area (Å²) >= 11 is 1.65. The summed E-state index contributed by atoms with van der Waals surface area (Å²) in [4.78, 5) is 45.5. The normalized spacial score (nSPS) is 31.6. The summed E-state index contributed by atoms with van der Waals surface area (Å²) in [5.74, 6) is -1.71. The van der Waals surface area contributed by atoms with E-state index in [1.807, 2.05) is 24.8 Å². The Labute approximate surface area is 227 Å². The van der Waals surface area contributed by atoms with Gasteiger partial charge in [-0.05, 0) is 51.4 Å². The second-order valence-corrected chi connectivity index (χ2v) is 12.5. The number of ether oxygens (including phenoxy) is 1. The Morgan fingerprint density at radius 2 is 2.03 bits per heavy atom. The number of aliphatic hydroxyl groups is 1. The number of amides is 2. The fraction of sp³-hybridized carbons (Fsp3) is 0.759. The zero-order valence-electron chi connectivity index (χ0n) is 23.1. The third-order valence-corrected chi connectivity index (χ3v) is 10.7. The highest BCUT2D eigenvalue weighted by Crippen LogP contribution is 2.69. The Balaban J connectivity index is 2.00. The second kappa shape index (κ2) is 12.8. The first-order valence-corrected chi connectivity index (χ1v) is 14.9. The maximum absolute atomic E-state index is 14.4.